The van der Waals surface area contributed by atoms with Gasteiger partial charge in [0, 0.05) is 52.9 Å². The molecule has 27 heavy (non-hydrogen) atoms. The minimum Gasteiger partial charge on any atom is -0.493 e. The number of aromatic nitrogens is 2. The molecule has 2 aromatic rings. The van der Waals surface area contributed by atoms with Gasteiger partial charge < -0.3 is 14.5 Å². The first-order valence-electron chi connectivity index (χ1n) is 9.80. The van der Waals surface area contributed by atoms with Crippen molar-refractivity contribution < 1.29 is 4.74 Å². The van der Waals surface area contributed by atoms with Crippen LogP contribution in [0, 0.1) is 0 Å². The van der Waals surface area contributed by atoms with Crippen LogP contribution in [0.5, 0.6) is 5.75 Å². The van der Waals surface area contributed by atoms with Crippen LogP contribution in [0.3, 0.4) is 0 Å². The van der Waals surface area contributed by atoms with E-state index in [2.05, 4.69) is 40.0 Å². The van der Waals surface area contributed by atoms with Gasteiger partial charge in [-0.15, -0.1) is 0 Å². The van der Waals surface area contributed by atoms with E-state index in [9.17, 15) is 0 Å². The number of rotatable bonds is 5. The molecule has 6 heteroatoms. The number of likely N-dealkylation sites (tertiary alicyclic amines) is 1. The van der Waals surface area contributed by atoms with Crippen molar-refractivity contribution in [3.05, 3.63) is 41.6 Å². The van der Waals surface area contributed by atoms with Crippen LogP contribution in [-0.4, -0.2) is 61.7 Å². The summed E-state index contributed by atoms with van der Waals surface area (Å²) in [6, 6.07) is 9.15. The van der Waals surface area contributed by atoms with E-state index in [0.717, 1.165) is 50.2 Å². The molecule has 1 saturated heterocycles. The number of piperidine rings is 1. The molecule has 0 aliphatic carbocycles. The van der Waals surface area contributed by atoms with Crippen LogP contribution >= 0.6 is 0 Å². The highest BCUT2D eigenvalue weighted by molar-refractivity contribution is 5.43. The number of likely N-dealkylation sites (N-methyl/N-ethyl adjacent to an activating group) is 1. The van der Waals surface area contributed by atoms with Gasteiger partial charge in [0.05, 0.1) is 6.61 Å². The number of ether oxygens (including phenoxy) is 1. The standard InChI is InChI=1S/C21H29N5O/c1-24(2)21-22-10-8-20(23-21)25(3)18-5-4-11-26(15-18)14-16-6-7-19-17(13-16)9-12-27-19/h6-8,10,13,18H,4-5,9,11-12,14-15H2,1-3H3. The Hall–Kier alpha value is -2.34. The van der Waals surface area contributed by atoms with Crippen molar-refractivity contribution in [3.8, 4) is 5.75 Å². The Bertz CT molecular complexity index is 794. The van der Waals surface area contributed by atoms with Crippen molar-refractivity contribution in [3.63, 3.8) is 0 Å². The van der Waals surface area contributed by atoms with Gasteiger partial charge in [0.2, 0.25) is 5.95 Å². The van der Waals surface area contributed by atoms with Crippen LogP contribution < -0.4 is 14.5 Å². The molecule has 1 aromatic carbocycles. The summed E-state index contributed by atoms with van der Waals surface area (Å²) in [5.41, 5.74) is 2.75. The highest BCUT2D eigenvalue weighted by Gasteiger charge is 2.25. The quantitative estimate of drug-likeness (QED) is 0.809. The normalized spacial score (nSPS) is 19.4. The van der Waals surface area contributed by atoms with Gasteiger partial charge >= 0.3 is 0 Å². The summed E-state index contributed by atoms with van der Waals surface area (Å²) in [5.74, 6) is 2.82. The Labute approximate surface area is 161 Å². The maximum atomic E-state index is 5.63. The van der Waals surface area contributed by atoms with Crippen LogP contribution in [0.25, 0.3) is 0 Å². The molecule has 1 unspecified atom stereocenters. The molecule has 4 rings (SSSR count). The van der Waals surface area contributed by atoms with Gasteiger partial charge in [-0.25, -0.2) is 4.98 Å². The maximum Gasteiger partial charge on any atom is 0.226 e. The Balaban J connectivity index is 1.42. The average molecular weight is 367 g/mol. The molecule has 0 radical (unpaired) electrons. The summed E-state index contributed by atoms with van der Waals surface area (Å²) in [5, 5.41) is 0. The van der Waals surface area contributed by atoms with Crippen LogP contribution in [0.1, 0.15) is 24.0 Å². The van der Waals surface area contributed by atoms with Crippen LogP contribution in [0.2, 0.25) is 0 Å². The summed E-state index contributed by atoms with van der Waals surface area (Å²) in [6.07, 6.45) is 5.30. The summed E-state index contributed by atoms with van der Waals surface area (Å²) in [7, 11) is 6.11. The molecule has 2 aliphatic heterocycles. The first kappa shape index (κ1) is 18.0. The molecule has 2 aliphatic rings. The predicted octanol–water partition coefficient (Wildman–Crippen LogP) is 2.58. The zero-order valence-electron chi connectivity index (χ0n) is 16.6. The highest BCUT2D eigenvalue weighted by Crippen LogP contribution is 2.27. The fourth-order valence-corrected chi connectivity index (χ4v) is 4.03. The third-order valence-electron chi connectivity index (χ3n) is 5.58. The lowest BCUT2D eigenvalue weighted by molar-refractivity contribution is 0.198. The Morgan fingerprint density at radius 3 is 2.96 bits per heavy atom. The SMILES string of the molecule is CN(C)c1nccc(N(C)C2CCCN(Cc3ccc4c(c3)CCO4)C2)n1. The molecule has 0 bridgehead atoms. The average Bonchev–Trinajstić information content (AvgIpc) is 3.15. The van der Waals surface area contributed by atoms with Crippen molar-refractivity contribution in [2.75, 3.05) is 50.6 Å². The van der Waals surface area contributed by atoms with Gasteiger partial charge in [0.25, 0.3) is 0 Å². The van der Waals surface area contributed by atoms with E-state index in [1.54, 1.807) is 0 Å². The second-order valence-electron chi connectivity index (χ2n) is 7.79. The fourth-order valence-electron chi connectivity index (χ4n) is 4.03. The van der Waals surface area contributed by atoms with Crippen molar-refractivity contribution in [2.45, 2.75) is 31.8 Å². The fraction of sp³-hybridized carbons (Fsp3) is 0.524. The smallest absolute Gasteiger partial charge is 0.226 e. The van der Waals surface area contributed by atoms with Crippen LogP contribution in [-0.2, 0) is 13.0 Å². The predicted molar refractivity (Wildman–Crippen MR) is 109 cm³/mol. The molecule has 1 atom stereocenters. The monoisotopic (exact) mass is 367 g/mol. The van der Waals surface area contributed by atoms with Gasteiger partial charge in [-0.3, -0.25) is 4.90 Å². The molecule has 3 heterocycles. The van der Waals surface area contributed by atoms with Gasteiger partial charge in [0.15, 0.2) is 0 Å². The molecule has 1 fully saturated rings. The zero-order chi connectivity index (χ0) is 18.8. The van der Waals surface area contributed by atoms with E-state index in [4.69, 9.17) is 9.72 Å². The lowest BCUT2D eigenvalue weighted by Gasteiger charge is -2.38. The molecule has 0 amide bonds. The second-order valence-corrected chi connectivity index (χ2v) is 7.79. The third kappa shape index (κ3) is 4.00. The van der Waals surface area contributed by atoms with Gasteiger partial charge in [-0.05, 0) is 42.6 Å². The largest absolute Gasteiger partial charge is 0.493 e. The maximum absolute atomic E-state index is 5.63. The Morgan fingerprint density at radius 1 is 1.22 bits per heavy atom. The number of fused-ring (bicyclic) bond motifs is 1. The molecule has 1 aromatic heterocycles. The minimum atomic E-state index is 0.474. The zero-order valence-corrected chi connectivity index (χ0v) is 16.6. The second kappa shape index (κ2) is 7.72. The van der Waals surface area contributed by atoms with Crippen molar-refractivity contribution >= 4 is 11.8 Å². The molecule has 0 N–H and O–H groups in total. The molecular weight excluding hydrogens is 338 g/mol. The van der Waals surface area contributed by atoms with Crippen LogP contribution in [0.4, 0.5) is 11.8 Å². The Morgan fingerprint density at radius 2 is 2.11 bits per heavy atom. The first-order chi connectivity index (χ1) is 13.1. The molecule has 0 saturated carbocycles. The summed E-state index contributed by atoms with van der Waals surface area (Å²) in [6.45, 7) is 4.05. The third-order valence-corrected chi connectivity index (χ3v) is 5.58. The van der Waals surface area contributed by atoms with Crippen LogP contribution in [0.15, 0.2) is 30.5 Å². The molecule has 0 spiro atoms. The van der Waals surface area contributed by atoms with Gasteiger partial charge in [0.1, 0.15) is 11.6 Å². The summed E-state index contributed by atoms with van der Waals surface area (Å²) < 4.78 is 5.63. The van der Waals surface area contributed by atoms with E-state index in [1.165, 1.54) is 24.0 Å². The Kier molecular flexibility index (Phi) is 5.16. The van der Waals surface area contributed by atoms with E-state index < -0.39 is 0 Å². The molecular formula is C21H29N5O. The van der Waals surface area contributed by atoms with Gasteiger partial charge in [-0.2, -0.15) is 4.98 Å². The van der Waals surface area contributed by atoms with Gasteiger partial charge in [-0.1, -0.05) is 12.1 Å². The minimum absolute atomic E-state index is 0.474. The number of anilines is 2. The van der Waals surface area contributed by atoms with Crippen molar-refractivity contribution in [2.24, 2.45) is 0 Å². The van der Waals surface area contributed by atoms with E-state index in [0.29, 0.717) is 6.04 Å². The van der Waals surface area contributed by atoms with E-state index in [1.807, 2.05) is 31.3 Å². The first-order valence-corrected chi connectivity index (χ1v) is 9.80. The molecule has 6 nitrogen and oxygen atoms in total. The highest BCUT2D eigenvalue weighted by atomic mass is 16.5. The number of hydrogen-bond donors (Lipinski definition) is 0. The topological polar surface area (TPSA) is 44.7 Å². The summed E-state index contributed by atoms with van der Waals surface area (Å²) >= 11 is 0. The van der Waals surface area contributed by atoms with Crippen molar-refractivity contribution in [1.82, 2.24) is 14.9 Å². The molecule has 144 valence electrons. The number of hydrogen-bond acceptors (Lipinski definition) is 6. The number of benzene rings is 1. The lowest BCUT2D eigenvalue weighted by atomic mass is 10.0. The van der Waals surface area contributed by atoms with Crippen molar-refractivity contribution in [1.29, 1.82) is 0 Å². The van der Waals surface area contributed by atoms with E-state index >= 15 is 0 Å². The lowest BCUT2D eigenvalue weighted by Crippen LogP contribution is -2.46. The number of nitrogens with zero attached hydrogens (tertiary/aromatic N) is 5. The summed E-state index contributed by atoms with van der Waals surface area (Å²) in [4.78, 5) is 15.9. The van der Waals surface area contributed by atoms with E-state index in [-0.39, 0.29) is 0 Å².